The lowest BCUT2D eigenvalue weighted by Gasteiger charge is -2.16. The van der Waals surface area contributed by atoms with E-state index in [1.54, 1.807) is 12.3 Å². The lowest BCUT2D eigenvalue weighted by Crippen LogP contribution is -2.29. The molecule has 96 valence electrons. The minimum atomic E-state index is -0.268. The second kappa shape index (κ2) is 5.97. The van der Waals surface area contributed by atoms with Gasteiger partial charge in [-0.25, -0.2) is 4.39 Å². The van der Waals surface area contributed by atoms with E-state index in [2.05, 4.69) is 37.3 Å². The highest BCUT2D eigenvalue weighted by Gasteiger charge is 2.17. The highest BCUT2D eigenvalue weighted by atomic mass is 79.9. The standard InChI is InChI=1S/C12H11Br2FN2O/c13-10-2-1-8(15)5-7(10)6-11(17-16)9-3-4-18-12(9)14/h1-5,11,17H,6,16H2. The second-order valence-electron chi connectivity index (χ2n) is 3.81. The van der Waals surface area contributed by atoms with Crippen molar-refractivity contribution in [2.45, 2.75) is 12.5 Å². The lowest BCUT2D eigenvalue weighted by molar-refractivity contribution is 0.505. The van der Waals surface area contributed by atoms with Crippen LogP contribution >= 0.6 is 31.9 Å². The number of hydrogen-bond acceptors (Lipinski definition) is 3. The summed E-state index contributed by atoms with van der Waals surface area (Å²) >= 11 is 6.71. The molecule has 2 rings (SSSR count). The average molecular weight is 378 g/mol. The summed E-state index contributed by atoms with van der Waals surface area (Å²) < 4.78 is 19.9. The van der Waals surface area contributed by atoms with E-state index in [1.165, 1.54) is 12.1 Å². The van der Waals surface area contributed by atoms with Crippen LogP contribution in [0, 0.1) is 5.82 Å². The van der Waals surface area contributed by atoms with E-state index < -0.39 is 0 Å². The van der Waals surface area contributed by atoms with Gasteiger partial charge in [0.2, 0.25) is 0 Å². The van der Waals surface area contributed by atoms with Crippen molar-refractivity contribution in [1.82, 2.24) is 5.43 Å². The molecule has 0 aliphatic rings. The highest BCUT2D eigenvalue weighted by molar-refractivity contribution is 9.10. The van der Waals surface area contributed by atoms with Gasteiger partial charge >= 0.3 is 0 Å². The van der Waals surface area contributed by atoms with Gasteiger partial charge in [-0.3, -0.25) is 11.3 Å². The smallest absolute Gasteiger partial charge is 0.173 e. The molecule has 0 aliphatic carbocycles. The molecule has 18 heavy (non-hydrogen) atoms. The van der Waals surface area contributed by atoms with Crippen molar-refractivity contribution in [2.24, 2.45) is 5.84 Å². The van der Waals surface area contributed by atoms with Crippen molar-refractivity contribution in [3.8, 4) is 0 Å². The van der Waals surface area contributed by atoms with Crippen LogP contribution in [0.15, 0.2) is 44.1 Å². The van der Waals surface area contributed by atoms with Crippen molar-refractivity contribution >= 4 is 31.9 Å². The summed E-state index contributed by atoms with van der Waals surface area (Å²) in [5, 5.41) is 0. The molecule has 0 radical (unpaired) electrons. The van der Waals surface area contributed by atoms with Crippen molar-refractivity contribution < 1.29 is 8.81 Å². The molecule has 0 aliphatic heterocycles. The topological polar surface area (TPSA) is 51.2 Å². The molecule has 0 spiro atoms. The summed E-state index contributed by atoms with van der Waals surface area (Å²) in [6, 6.07) is 6.25. The maximum absolute atomic E-state index is 13.2. The number of nitrogens with one attached hydrogen (secondary N) is 1. The number of benzene rings is 1. The molecule has 1 unspecified atom stereocenters. The third kappa shape index (κ3) is 3.00. The van der Waals surface area contributed by atoms with Crippen LogP contribution in [0.3, 0.4) is 0 Å². The van der Waals surface area contributed by atoms with Gasteiger partial charge in [-0.05, 0) is 52.2 Å². The summed E-state index contributed by atoms with van der Waals surface area (Å²) in [7, 11) is 0. The molecule has 0 saturated heterocycles. The predicted molar refractivity (Wildman–Crippen MR) is 74.3 cm³/mol. The first kappa shape index (κ1) is 13.7. The van der Waals surface area contributed by atoms with Crippen molar-refractivity contribution in [2.75, 3.05) is 0 Å². The van der Waals surface area contributed by atoms with E-state index in [-0.39, 0.29) is 11.9 Å². The Bertz CT molecular complexity index is 545. The molecule has 0 bridgehead atoms. The summed E-state index contributed by atoms with van der Waals surface area (Å²) in [5.41, 5.74) is 4.44. The lowest BCUT2D eigenvalue weighted by atomic mass is 10.0. The van der Waals surface area contributed by atoms with E-state index in [9.17, 15) is 4.39 Å². The maximum Gasteiger partial charge on any atom is 0.173 e. The molecule has 0 amide bonds. The number of hydrogen-bond donors (Lipinski definition) is 2. The zero-order valence-corrected chi connectivity index (χ0v) is 12.5. The van der Waals surface area contributed by atoms with E-state index in [1.807, 2.05) is 6.07 Å². The molecule has 3 nitrogen and oxygen atoms in total. The summed E-state index contributed by atoms with van der Waals surface area (Å²) in [6.45, 7) is 0. The first-order valence-electron chi connectivity index (χ1n) is 5.24. The van der Waals surface area contributed by atoms with Crippen molar-refractivity contribution in [1.29, 1.82) is 0 Å². The summed E-state index contributed by atoms with van der Waals surface area (Å²) in [6.07, 6.45) is 2.12. The summed E-state index contributed by atoms with van der Waals surface area (Å²) in [4.78, 5) is 0. The van der Waals surface area contributed by atoms with Crippen LogP contribution in [0.25, 0.3) is 0 Å². The Morgan fingerprint density at radius 1 is 1.33 bits per heavy atom. The van der Waals surface area contributed by atoms with Gasteiger partial charge in [0, 0.05) is 10.0 Å². The third-order valence-corrected chi connectivity index (χ3v) is 4.07. The summed E-state index contributed by atoms with van der Waals surface area (Å²) in [5.74, 6) is 5.28. The molecular weight excluding hydrogens is 367 g/mol. The van der Waals surface area contributed by atoms with Crippen LogP contribution in [0.5, 0.6) is 0 Å². The minimum Gasteiger partial charge on any atom is -0.457 e. The van der Waals surface area contributed by atoms with Crippen molar-refractivity contribution in [3.63, 3.8) is 0 Å². The fourth-order valence-electron chi connectivity index (χ4n) is 1.73. The third-order valence-electron chi connectivity index (χ3n) is 2.65. The fraction of sp³-hybridized carbons (Fsp3) is 0.167. The van der Waals surface area contributed by atoms with Gasteiger partial charge in [0.15, 0.2) is 4.67 Å². The number of hydrazine groups is 1. The predicted octanol–water partition coefficient (Wildman–Crippen LogP) is 3.69. The molecule has 3 N–H and O–H groups in total. The monoisotopic (exact) mass is 376 g/mol. The highest BCUT2D eigenvalue weighted by Crippen LogP contribution is 2.29. The van der Waals surface area contributed by atoms with Gasteiger partial charge in [0.05, 0.1) is 12.3 Å². The van der Waals surface area contributed by atoms with Crippen LogP contribution in [-0.2, 0) is 6.42 Å². The van der Waals surface area contributed by atoms with Crippen LogP contribution < -0.4 is 11.3 Å². The van der Waals surface area contributed by atoms with E-state index in [0.717, 1.165) is 15.6 Å². The molecule has 2 aromatic rings. The quantitative estimate of drug-likeness (QED) is 0.631. The normalized spacial score (nSPS) is 12.7. The number of furan rings is 1. The van der Waals surface area contributed by atoms with Gasteiger partial charge in [-0.1, -0.05) is 15.9 Å². The molecule has 1 aromatic heterocycles. The number of halogens is 3. The van der Waals surface area contributed by atoms with E-state index in [4.69, 9.17) is 10.3 Å². The maximum atomic E-state index is 13.2. The fourth-order valence-corrected chi connectivity index (χ4v) is 2.66. The van der Waals surface area contributed by atoms with Crippen molar-refractivity contribution in [3.05, 3.63) is 56.6 Å². The molecule has 0 saturated carbocycles. The largest absolute Gasteiger partial charge is 0.457 e. The number of nitrogens with two attached hydrogens (primary N) is 1. The van der Waals surface area contributed by atoms with Gasteiger partial charge in [0.1, 0.15) is 5.82 Å². The first-order valence-corrected chi connectivity index (χ1v) is 6.83. The molecule has 6 heteroatoms. The minimum absolute atomic E-state index is 0.156. The Hall–Kier alpha value is -0.690. The molecule has 1 heterocycles. The van der Waals surface area contributed by atoms with Gasteiger partial charge in [-0.15, -0.1) is 0 Å². The van der Waals surface area contributed by atoms with Crippen LogP contribution in [0.1, 0.15) is 17.2 Å². The zero-order valence-electron chi connectivity index (χ0n) is 9.29. The van der Waals surface area contributed by atoms with Gasteiger partial charge in [0.25, 0.3) is 0 Å². The Balaban J connectivity index is 2.26. The van der Waals surface area contributed by atoms with E-state index >= 15 is 0 Å². The second-order valence-corrected chi connectivity index (χ2v) is 5.38. The Kier molecular flexibility index (Phi) is 4.55. The first-order chi connectivity index (χ1) is 8.61. The Morgan fingerprint density at radius 3 is 2.72 bits per heavy atom. The Labute approximate surface area is 121 Å². The van der Waals surface area contributed by atoms with Crippen LogP contribution in [0.4, 0.5) is 4.39 Å². The van der Waals surface area contributed by atoms with Gasteiger partial charge in [-0.2, -0.15) is 0 Å². The molecule has 1 atom stereocenters. The van der Waals surface area contributed by atoms with E-state index in [0.29, 0.717) is 11.1 Å². The molecular formula is C12H11Br2FN2O. The van der Waals surface area contributed by atoms with Gasteiger partial charge < -0.3 is 4.42 Å². The number of rotatable bonds is 4. The Morgan fingerprint density at radius 2 is 2.11 bits per heavy atom. The SMILES string of the molecule is NNC(Cc1cc(F)ccc1Br)c1ccoc1Br. The molecule has 1 aromatic carbocycles. The van der Waals surface area contributed by atoms with Crippen LogP contribution in [-0.4, -0.2) is 0 Å². The molecule has 0 fully saturated rings. The van der Waals surface area contributed by atoms with Crippen LogP contribution in [0.2, 0.25) is 0 Å². The average Bonchev–Trinajstić information content (AvgIpc) is 2.77. The zero-order chi connectivity index (χ0) is 13.1.